The molecular formula is C10H22N2. The summed E-state index contributed by atoms with van der Waals surface area (Å²) in [7, 11) is 2.22. The Hall–Kier alpha value is -0.0800. The van der Waals surface area contributed by atoms with E-state index < -0.39 is 0 Å². The van der Waals surface area contributed by atoms with Crippen molar-refractivity contribution in [3.05, 3.63) is 0 Å². The predicted molar refractivity (Wildman–Crippen MR) is 53.3 cm³/mol. The van der Waals surface area contributed by atoms with Gasteiger partial charge in [-0.1, -0.05) is 13.8 Å². The zero-order chi connectivity index (χ0) is 8.97. The van der Waals surface area contributed by atoms with Crippen molar-refractivity contribution in [3.8, 4) is 0 Å². The van der Waals surface area contributed by atoms with Gasteiger partial charge in [-0.3, -0.25) is 0 Å². The van der Waals surface area contributed by atoms with Crippen LogP contribution in [0.3, 0.4) is 0 Å². The SMILES string of the molecule is CCNCCN(C)CC1CC1C. The van der Waals surface area contributed by atoms with Crippen LogP contribution in [0, 0.1) is 11.8 Å². The first-order chi connectivity index (χ1) is 5.74. The van der Waals surface area contributed by atoms with E-state index in [9.17, 15) is 0 Å². The third-order valence-electron chi connectivity index (χ3n) is 2.74. The Morgan fingerprint density at radius 2 is 2.17 bits per heavy atom. The molecule has 72 valence electrons. The van der Waals surface area contributed by atoms with Crippen molar-refractivity contribution in [1.29, 1.82) is 0 Å². The van der Waals surface area contributed by atoms with Crippen molar-refractivity contribution in [2.45, 2.75) is 20.3 Å². The van der Waals surface area contributed by atoms with Gasteiger partial charge in [-0.25, -0.2) is 0 Å². The molecule has 2 nitrogen and oxygen atoms in total. The summed E-state index contributed by atoms with van der Waals surface area (Å²) in [4.78, 5) is 2.44. The van der Waals surface area contributed by atoms with E-state index in [0.717, 1.165) is 24.9 Å². The van der Waals surface area contributed by atoms with Crippen LogP contribution in [0.2, 0.25) is 0 Å². The third kappa shape index (κ3) is 3.55. The van der Waals surface area contributed by atoms with Crippen LogP contribution in [0.25, 0.3) is 0 Å². The molecule has 2 heteroatoms. The van der Waals surface area contributed by atoms with Crippen molar-refractivity contribution in [2.24, 2.45) is 11.8 Å². The molecule has 0 aromatic heterocycles. The molecule has 0 spiro atoms. The molecule has 0 aromatic rings. The van der Waals surface area contributed by atoms with E-state index in [1.165, 1.54) is 19.5 Å². The summed E-state index contributed by atoms with van der Waals surface area (Å²) in [6.07, 6.45) is 1.45. The molecule has 1 fully saturated rings. The number of likely N-dealkylation sites (N-methyl/N-ethyl adjacent to an activating group) is 2. The van der Waals surface area contributed by atoms with Gasteiger partial charge in [0, 0.05) is 19.6 Å². The fourth-order valence-corrected chi connectivity index (χ4v) is 1.59. The first-order valence-electron chi connectivity index (χ1n) is 5.13. The van der Waals surface area contributed by atoms with E-state index in [2.05, 4.69) is 31.1 Å². The van der Waals surface area contributed by atoms with Crippen LogP contribution in [-0.4, -0.2) is 38.1 Å². The van der Waals surface area contributed by atoms with Gasteiger partial charge in [-0.15, -0.1) is 0 Å². The van der Waals surface area contributed by atoms with Crippen molar-refractivity contribution in [2.75, 3.05) is 33.2 Å². The van der Waals surface area contributed by atoms with Gasteiger partial charge in [0.25, 0.3) is 0 Å². The second-order valence-electron chi connectivity index (χ2n) is 4.09. The van der Waals surface area contributed by atoms with Gasteiger partial charge in [-0.2, -0.15) is 0 Å². The lowest BCUT2D eigenvalue weighted by molar-refractivity contribution is 0.314. The molecule has 0 aromatic carbocycles. The Labute approximate surface area is 76.3 Å². The van der Waals surface area contributed by atoms with Crippen LogP contribution >= 0.6 is 0 Å². The van der Waals surface area contributed by atoms with Crippen LogP contribution in [-0.2, 0) is 0 Å². The van der Waals surface area contributed by atoms with Crippen LogP contribution in [0.4, 0.5) is 0 Å². The summed E-state index contributed by atoms with van der Waals surface area (Å²) < 4.78 is 0. The van der Waals surface area contributed by atoms with Crippen molar-refractivity contribution in [1.82, 2.24) is 10.2 Å². The highest BCUT2D eigenvalue weighted by Gasteiger charge is 2.32. The Kier molecular flexibility index (Phi) is 4.02. The Bertz CT molecular complexity index is 125. The highest BCUT2D eigenvalue weighted by Crippen LogP contribution is 2.37. The molecular weight excluding hydrogens is 148 g/mol. The van der Waals surface area contributed by atoms with Gasteiger partial charge in [0.05, 0.1) is 0 Å². The summed E-state index contributed by atoms with van der Waals surface area (Å²) in [5.41, 5.74) is 0. The number of hydrogen-bond donors (Lipinski definition) is 1. The normalized spacial score (nSPS) is 28.0. The molecule has 12 heavy (non-hydrogen) atoms. The van der Waals surface area contributed by atoms with E-state index >= 15 is 0 Å². The quantitative estimate of drug-likeness (QED) is 0.602. The van der Waals surface area contributed by atoms with Crippen LogP contribution in [0.1, 0.15) is 20.3 Å². The fraction of sp³-hybridized carbons (Fsp3) is 1.00. The largest absolute Gasteiger partial charge is 0.316 e. The Morgan fingerprint density at radius 1 is 1.50 bits per heavy atom. The maximum Gasteiger partial charge on any atom is 0.0104 e. The lowest BCUT2D eigenvalue weighted by Gasteiger charge is -2.16. The number of nitrogens with one attached hydrogen (secondary N) is 1. The monoisotopic (exact) mass is 170 g/mol. The van der Waals surface area contributed by atoms with Gasteiger partial charge < -0.3 is 10.2 Å². The standard InChI is InChI=1S/C10H22N2/c1-4-11-5-6-12(3)8-10-7-9(10)2/h9-11H,4-8H2,1-3H3. The van der Waals surface area contributed by atoms with E-state index in [-0.39, 0.29) is 0 Å². The van der Waals surface area contributed by atoms with E-state index in [1.54, 1.807) is 0 Å². The molecule has 0 aliphatic heterocycles. The van der Waals surface area contributed by atoms with Crippen LogP contribution < -0.4 is 5.32 Å². The van der Waals surface area contributed by atoms with Crippen molar-refractivity contribution >= 4 is 0 Å². The molecule has 0 bridgehead atoms. The van der Waals surface area contributed by atoms with Gasteiger partial charge in [0.2, 0.25) is 0 Å². The summed E-state index contributed by atoms with van der Waals surface area (Å²) in [6, 6.07) is 0. The van der Waals surface area contributed by atoms with Gasteiger partial charge >= 0.3 is 0 Å². The minimum Gasteiger partial charge on any atom is -0.316 e. The highest BCUT2D eigenvalue weighted by atomic mass is 15.1. The fourth-order valence-electron chi connectivity index (χ4n) is 1.59. The summed E-state index contributed by atoms with van der Waals surface area (Å²) in [5.74, 6) is 1.99. The molecule has 1 saturated carbocycles. The molecule has 0 amide bonds. The molecule has 0 saturated heterocycles. The minimum absolute atomic E-state index is 0.992. The Balaban J connectivity index is 1.93. The second kappa shape index (κ2) is 4.83. The van der Waals surface area contributed by atoms with Crippen LogP contribution in [0.5, 0.6) is 0 Å². The van der Waals surface area contributed by atoms with E-state index in [1.807, 2.05) is 0 Å². The molecule has 2 atom stereocenters. The van der Waals surface area contributed by atoms with Gasteiger partial charge in [0.15, 0.2) is 0 Å². The molecule has 1 aliphatic carbocycles. The maximum absolute atomic E-state index is 3.34. The summed E-state index contributed by atoms with van der Waals surface area (Å²) in [5, 5.41) is 3.34. The number of hydrogen-bond acceptors (Lipinski definition) is 2. The molecule has 1 rings (SSSR count). The first-order valence-corrected chi connectivity index (χ1v) is 5.13. The minimum atomic E-state index is 0.992. The predicted octanol–water partition coefficient (Wildman–Crippen LogP) is 1.18. The maximum atomic E-state index is 3.34. The van der Waals surface area contributed by atoms with E-state index in [4.69, 9.17) is 0 Å². The summed E-state index contributed by atoms with van der Waals surface area (Å²) >= 11 is 0. The van der Waals surface area contributed by atoms with Gasteiger partial charge in [0.1, 0.15) is 0 Å². The lowest BCUT2D eigenvalue weighted by Crippen LogP contribution is -2.30. The van der Waals surface area contributed by atoms with Gasteiger partial charge in [-0.05, 0) is 31.8 Å². The average Bonchev–Trinajstić information content (AvgIpc) is 2.67. The first kappa shape index (κ1) is 10.0. The van der Waals surface area contributed by atoms with E-state index in [0.29, 0.717) is 0 Å². The summed E-state index contributed by atoms with van der Waals surface area (Å²) in [6.45, 7) is 9.22. The molecule has 1 N–H and O–H groups in total. The van der Waals surface area contributed by atoms with Crippen molar-refractivity contribution in [3.63, 3.8) is 0 Å². The Morgan fingerprint density at radius 3 is 2.67 bits per heavy atom. The smallest absolute Gasteiger partial charge is 0.0104 e. The third-order valence-corrected chi connectivity index (χ3v) is 2.74. The number of nitrogens with zero attached hydrogens (tertiary/aromatic N) is 1. The lowest BCUT2D eigenvalue weighted by atomic mass is 10.3. The molecule has 0 radical (unpaired) electrons. The number of rotatable bonds is 6. The topological polar surface area (TPSA) is 15.3 Å². The van der Waals surface area contributed by atoms with Crippen molar-refractivity contribution < 1.29 is 0 Å². The average molecular weight is 170 g/mol. The zero-order valence-corrected chi connectivity index (χ0v) is 8.64. The zero-order valence-electron chi connectivity index (χ0n) is 8.64. The molecule has 0 heterocycles. The molecule has 2 unspecified atom stereocenters. The van der Waals surface area contributed by atoms with Crippen LogP contribution in [0.15, 0.2) is 0 Å². The highest BCUT2D eigenvalue weighted by molar-refractivity contribution is 4.84. The second-order valence-corrected chi connectivity index (χ2v) is 4.09. The molecule has 1 aliphatic rings.